The molecule has 6 heteroatoms. The number of aromatic nitrogens is 4. The summed E-state index contributed by atoms with van der Waals surface area (Å²) in [5.74, 6) is 1.19. The minimum absolute atomic E-state index is 0. The van der Waals surface area contributed by atoms with Crippen molar-refractivity contribution in [2.45, 2.75) is 72.9 Å². The molecule has 9 aromatic rings. The maximum absolute atomic E-state index is 8.53. The number of pyridine rings is 1. The van der Waals surface area contributed by atoms with E-state index in [0.717, 1.165) is 39.2 Å². The molecule has 0 aliphatic heterocycles. The van der Waals surface area contributed by atoms with E-state index >= 15 is 0 Å². The van der Waals surface area contributed by atoms with Crippen LogP contribution in [0.2, 0.25) is 19.6 Å². The molecule has 4 nitrogen and oxygen atoms in total. The first-order chi connectivity index (χ1) is 30.3. The van der Waals surface area contributed by atoms with Gasteiger partial charge in [-0.1, -0.05) is 119 Å². The summed E-state index contributed by atoms with van der Waals surface area (Å²) >= 11 is 0. The van der Waals surface area contributed by atoms with Gasteiger partial charge in [0.05, 0.1) is 24.9 Å². The Hall–Kier alpha value is -5.39. The van der Waals surface area contributed by atoms with Crippen LogP contribution in [0.1, 0.15) is 70.0 Å². The molecule has 0 saturated heterocycles. The fourth-order valence-electron chi connectivity index (χ4n) is 7.82. The summed E-state index contributed by atoms with van der Waals surface area (Å²) in [5, 5.41) is 2.57. The monoisotopic (exact) mass is 971 g/mol. The number of aryl methyl sites for hydroxylation is 2. The van der Waals surface area contributed by atoms with Gasteiger partial charge >= 0.3 is 0 Å². The van der Waals surface area contributed by atoms with Gasteiger partial charge in [0.25, 0.3) is 0 Å². The van der Waals surface area contributed by atoms with Gasteiger partial charge in [0, 0.05) is 51.4 Å². The van der Waals surface area contributed by atoms with E-state index < -0.39 is 21.8 Å². The van der Waals surface area contributed by atoms with E-state index in [4.69, 9.17) is 13.2 Å². The SMILES string of the molecule is C[Si](C)(C)c1ccc(-c2[c-]cccc2)nc1.[2H]C([2H])([2H])c1cc(C([2H])([2H])[2H])c2c3cc(-c4nc5ccccc5n4-c4c(C(C)C)cccc4C(C)C)[c-]cc3n(-c3ccccc3)c2c1.[Ir]. The van der Waals surface area contributed by atoms with Crippen LogP contribution < -0.4 is 5.19 Å². The van der Waals surface area contributed by atoms with E-state index in [1.165, 1.54) is 22.4 Å². The smallest absolute Gasteiger partial charge is 0.0795 e. The van der Waals surface area contributed by atoms with E-state index in [1.54, 1.807) is 6.07 Å². The summed E-state index contributed by atoms with van der Waals surface area (Å²) in [6, 6.07) is 49.9. The summed E-state index contributed by atoms with van der Waals surface area (Å²) in [6.45, 7) is 10.7. The van der Waals surface area contributed by atoms with E-state index in [0.29, 0.717) is 27.7 Å². The third-order valence-corrected chi connectivity index (χ3v) is 12.8. The summed E-state index contributed by atoms with van der Waals surface area (Å²) in [6.07, 6.45) is 2.02. The van der Waals surface area contributed by atoms with Gasteiger partial charge in [-0.15, -0.1) is 59.7 Å². The second-order valence-electron chi connectivity index (χ2n) is 16.5. The molecule has 0 atom stereocenters. The first kappa shape index (κ1) is 34.5. The fourth-order valence-corrected chi connectivity index (χ4v) is 8.86. The third kappa shape index (κ3) is 8.15. The van der Waals surface area contributed by atoms with Gasteiger partial charge in [0.2, 0.25) is 0 Å². The van der Waals surface area contributed by atoms with Crippen LogP contribution in [0.5, 0.6) is 0 Å². The molecule has 59 heavy (non-hydrogen) atoms. The van der Waals surface area contributed by atoms with Crippen LogP contribution in [0.4, 0.5) is 0 Å². The Morgan fingerprint density at radius 2 is 1.39 bits per heavy atom. The molecule has 0 spiro atoms. The minimum atomic E-state index is -2.56. The van der Waals surface area contributed by atoms with Crippen molar-refractivity contribution in [1.82, 2.24) is 19.1 Å². The Morgan fingerprint density at radius 1 is 0.661 bits per heavy atom. The third-order valence-electron chi connectivity index (χ3n) is 10.8. The molecule has 9 rings (SSSR count). The van der Waals surface area contributed by atoms with Crippen LogP contribution in [0, 0.1) is 25.8 Å². The van der Waals surface area contributed by atoms with Crippen LogP contribution in [0.3, 0.4) is 0 Å². The topological polar surface area (TPSA) is 35.6 Å². The summed E-state index contributed by atoms with van der Waals surface area (Å²) in [4.78, 5) is 9.69. The standard InChI is InChI=1S/C39H36N3.C14H16NSi.Ir/c1-24(2)30-15-12-16-31(25(3)4)38(30)42-35-18-11-10-17-33(35)40-39(42)28-19-20-34-32(23-28)37-27(6)21-26(5)22-36(37)41(34)29-13-8-7-9-14-29;1-16(2,3)13-9-10-14(15-11-13)12-7-5-4-6-8-12;/h7-18,20-25H,1-6H3;4-7,9-11H,1-3H3;/q2*-1;/i5D3,6D3;;. The van der Waals surface area contributed by atoms with Gasteiger partial charge in [-0.25, -0.2) is 0 Å². The number of hydrogen-bond acceptors (Lipinski definition) is 2. The predicted octanol–water partition coefficient (Wildman–Crippen LogP) is 13.5. The summed E-state index contributed by atoms with van der Waals surface area (Å²) in [7, 11) is -1.23. The second kappa shape index (κ2) is 17.1. The molecule has 0 aliphatic rings. The molecule has 0 bridgehead atoms. The van der Waals surface area contributed by atoms with Crippen molar-refractivity contribution < 1.29 is 28.3 Å². The Labute approximate surface area is 372 Å². The van der Waals surface area contributed by atoms with E-state index in [9.17, 15) is 0 Å². The van der Waals surface area contributed by atoms with E-state index in [-0.39, 0.29) is 43.1 Å². The predicted molar refractivity (Wildman–Crippen MR) is 249 cm³/mol. The number of hydrogen-bond donors (Lipinski definition) is 0. The average molecular weight is 971 g/mol. The van der Waals surface area contributed by atoms with Gasteiger partial charge in [-0.05, 0) is 99.9 Å². The Balaban J connectivity index is 0.000000313. The molecular weight excluding hydrogens is 913 g/mol. The van der Waals surface area contributed by atoms with Crippen LogP contribution in [-0.4, -0.2) is 27.2 Å². The molecule has 6 aromatic carbocycles. The number of benzene rings is 6. The summed E-state index contributed by atoms with van der Waals surface area (Å²) < 4.78 is 54.3. The van der Waals surface area contributed by atoms with Crippen LogP contribution in [0.15, 0.2) is 140 Å². The van der Waals surface area contributed by atoms with Gasteiger partial charge in [0.1, 0.15) is 0 Å². The summed E-state index contributed by atoms with van der Waals surface area (Å²) in [5.41, 5.74) is 10.1. The molecule has 3 heterocycles. The number of fused-ring (bicyclic) bond motifs is 4. The Morgan fingerprint density at radius 3 is 2.03 bits per heavy atom. The maximum atomic E-state index is 8.53. The van der Waals surface area contributed by atoms with E-state index in [2.05, 4.69) is 105 Å². The van der Waals surface area contributed by atoms with Crippen molar-refractivity contribution in [3.8, 4) is 34.0 Å². The second-order valence-corrected chi connectivity index (χ2v) is 21.6. The van der Waals surface area contributed by atoms with Gasteiger partial charge in [-0.2, -0.15) is 0 Å². The van der Waals surface area contributed by atoms with Gasteiger partial charge in [0.15, 0.2) is 0 Å². The Bertz CT molecular complexity index is 3080. The van der Waals surface area contributed by atoms with Crippen LogP contribution in [-0.2, 0) is 20.1 Å². The molecule has 0 unspecified atom stereocenters. The average Bonchev–Trinajstić information content (AvgIpc) is 3.81. The quantitative estimate of drug-likeness (QED) is 0.118. The zero-order valence-corrected chi connectivity index (χ0v) is 38.0. The van der Waals surface area contributed by atoms with Crippen molar-refractivity contribution in [3.05, 3.63) is 174 Å². The number of rotatable bonds is 7. The van der Waals surface area contributed by atoms with Gasteiger partial charge in [-0.3, -0.25) is 4.98 Å². The molecule has 299 valence electrons. The Kier molecular flexibility index (Phi) is 9.97. The normalized spacial score (nSPS) is 13.6. The molecule has 1 radical (unpaired) electrons. The molecule has 0 N–H and O–H groups in total. The maximum Gasteiger partial charge on any atom is 0.0795 e. The first-order valence-corrected chi connectivity index (χ1v) is 23.5. The van der Waals surface area contributed by atoms with Crippen LogP contribution in [0.25, 0.3) is 66.9 Å². The molecule has 3 aromatic heterocycles. The van der Waals surface area contributed by atoms with E-state index in [1.807, 2.05) is 95.7 Å². The fraction of sp³-hybridized carbons (Fsp3) is 0.208. The molecule has 0 aliphatic carbocycles. The van der Waals surface area contributed by atoms with Crippen molar-refractivity contribution in [2.75, 3.05) is 0 Å². The minimum Gasteiger partial charge on any atom is -0.351 e. The van der Waals surface area contributed by atoms with Crippen molar-refractivity contribution in [2.24, 2.45) is 0 Å². The number of nitrogens with zero attached hydrogens (tertiary/aromatic N) is 4. The van der Waals surface area contributed by atoms with Crippen molar-refractivity contribution >= 4 is 46.1 Å². The van der Waals surface area contributed by atoms with Crippen LogP contribution >= 0.6 is 0 Å². The molecular formula is C53H52IrN4Si-2. The molecule has 0 fully saturated rings. The number of imidazole rings is 1. The largest absolute Gasteiger partial charge is 0.351 e. The van der Waals surface area contributed by atoms with Crippen molar-refractivity contribution in [1.29, 1.82) is 0 Å². The first-order valence-electron chi connectivity index (χ1n) is 23.0. The van der Waals surface area contributed by atoms with Gasteiger partial charge < -0.3 is 14.1 Å². The zero-order valence-electron chi connectivity index (χ0n) is 40.6. The molecule has 0 amide bonds. The number of para-hydroxylation sites is 4. The van der Waals surface area contributed by atoms with Crippen molar-refractivity contribution in [3.63, 3.8) is 0 Å². The zero-order chi connectivity index (χ0) is 45.7. The molecule has 0 saturated carbocycles.